The van der Waals surface area contributed by atoms with E-state index >= 15 is 0 Å². The first-order valence-corrected chi connectivity index (χ1v) is 9.18. The summed E-state index contributed by atoms with van der Waals surface area (Å²) in [7, 11) is 0. The van der Waals surface area contributed by atoms with Crippen LogP contribution in [0.5, 0.6) is 0 Å². The van der Waals surface area contributed by atoms with E-state index in [2.05, 4.69) is 20.3 Å². The van der Waals surface area contributed by atoms with E-state index in [1.807, 2.05) is 13.8 Å². The number of hydrogen-bond donors (Lipinski definition) is 1. The first-order chi connectivity index (χ1) is 12.6. The first-order valence-electron chi connectivity index (χ1n) is 8.80. The highest BCUT2D eigenvalue weighted by molar-refractivity contribution is 6.28. The number of nitrogens with zero attached hydrogens (tertiary/aromatic N) is 4. The molecule has 3 heterocycles. The molecule has 1 fully saturated rings. The van der Waals surface area contributed by atoms with Gasteiger partial charge in [-0.15, -0.1) is 0 Å². The zero-order valence-electron chi connectivity index (χ0n) is 15.9. The number of rotatable bonds is 3. The zero-order valence-corrected chi connectivity index (χ0v) is 16.6. The molecule has 1 saturated heterocycles. The number of imidazole rings is 1. The fraction of sp³-hybridized carbons (Fsp3) is 0.647. The highest BCUT2D eigenvalue weighted by Gasteiger charge is 2.43. The van der Waals surface area contributed by atoms with Gasteiger partial charge < -0.3 is 9.47 Å². The second kappa shape index (κ2) is 7.20. The van der Waals surface area contributed by atoms with Gasteiger partial charge in [-0.1, -0.05) is 13.8 Å². The van der Waals surface area contributed by atoms with Crippen molar-refractivity contribution < 1.29 is 18.7 Å². The first kappa shape index (κ1) is 19.8. The smallest absolute Gasteiger partial charge is 0.413 e. The highest BCUT2D eigenvalue weighted by Crippen LogP contribution is 2.39. The number of halogens is 2. The summed E-state index contributed by atoms with van der Waals surface area (Å²) < 4.78 is 27.3. The Morgan fingerprint density at radius 2 is 2.15 bits per heavy atom. The highest BCUT2D eigenvalue weighted by atomic mass is 35.5. The van der Waals surface area contributed by atoms with Crippen molar-refractivity contribution in [2.75, 3.05) is 5.32 Å². The lowest BCUT2D eigenvalue weighted by atomic mass is 10.00. The summed E-state index contributed by atoms with van der Waals surface area (Å²) in [5.41, 5.74) is -0.129. The minimum Gasteiger partial charge on any atom is -0.444 e. The van der Waals surface area contributed by atoms with Crippen molar-refractivity contribution >= 4 is 34.7 Å². The van der Waals surface area contributed by atoms with Gasteiger partial charge in [0.05, 0.1) is 12.4 Å². The number of alkyl halides is 1. The van der Waals surface area contributed by atoms with Crippen LogP contribution in [0.1, 0.15) is 47.3 Å². The third kappa shape index (κ3) is 3.98. The summed E-state index contributed by atoms with van der Waals surface area (Å²) in [5, 5.41) is 2.41. The number of amides is 1. The quantitative estimate of drug-likeness (QED) is 0.781. The van der Waals surface area contributed by atoms with Crippen LogP contribution in [-0.2, 0) is 9.47 Å². The molecule has 0 unspecified atom stereocenters. The molecule has 8 nitrogen and oxygen atoms in total. The summed E-state index contributed by atoms with van der Waals surface area (Å²) in [6.45, 7) is 9.00. The molecule has 0 bridgehead atoms. The van der Waals surface area contributed by atoms with E-state index in [-0.39, 0.29) is 34.3 Å². The monoisotopic (exact) mass is 399 g/mol. The van der Waals surface area contributed by atoms with Crippen molar-refractivity contribution in [3.05, 3.63) is 11.6 Å². The van der Waals surface area contributed by atoms with Crippen LogP contribution in [-0.4, -0.2) is 43.5 Å². The standard InChI is InChI=1S/C17H23ClFN5O3/c1-6-9-8(2)10(19)14(26-9)24-7-20-11-12(21-15(18)23-13(11)24)22-16(25)27-17(3,4)5/h7-10,14H,6H2,1-5H3,(H,21,22,23,25)/t8-,9-,10+,14-/m1/s1. The second-order valence-corrected chi connectivity index (χ2v) is 7.91. The number of aromatic nitrogens is 4. The number of carbonyl (C=O) groups is 1. The van der Waals surface area contributed by atoms with Gasteiger partial charge >= 0.3 is 6.09 Å². The topological polar surface area (TPSA) is 91.2 Å². The molecule has 1 aliphatic rings. The number of ether oxygens (including phenoxy) is 2. The maximum Gasteiger partial charge on any atom is 0.413 e. The molecule has 1 amide bonds. The van der Waals surface area contributed by atoms with E-state index in [1.165, 1.54) is 10.9 Å². The maximum absolute atomic E-state index is 14.8. The average Bonchev–Trinajstić information content (AvgIpc) is 3.08. The Hall–Kier alpha value is -2.00. The average molecular weight is 400 g/mol. The third-order valence-electron chi connectivity index (χ3n) is 4.37. The summed E-state index contributed by atoms with van der Waals surface area (Å²) in [4.78, 5) is 24.5. The lowest BCUT2D eigenvalue weighted by Crippen LogP contribution is -2.27. The zero-order chi connectivity index (χ0) is 19.9. The van der Waals surface area contributed by atoms with E-state index in [1.54, 1.807) is 20.8 Å². The molecule has 0 aromatic carbocycles. The van der Waals surface area contributed by atoms with Crippen LogP contribution in [0.3, 0.4) is 0 Å². The number of fused-ring (bicyclic) bond motifs is 1. The van der Waals surface area contributed by atoms with Crippen LogP contribution in [0, 0.1) is 5.92 Å². The Morgan fingerprint density at radius 3 is 2.74 bits per heavy atom. The van der Waals surface area contributed by atoms with Crippen LogP contribution >= 0.6 is 11.6 Å². The summed E-state index contributed by atoms with van der Waals surface area (Å²) in [6.07, 6.45) is -0.866. The maximum atomic E-state index is 14.8. The minimum atomic E-state index is -1.22. The van der Waals surface area contributed by atoms with Crippen molar-refractivity contribution in [1.82, 2.24) is 19.5 Å². The van der Waals surface area contributed by atoms with Gasteiger partial charge in [0.25, 0.3) is 0 Å². The largest absolute Gasteiger partial charge is 0.444 e. The molecule has 2 aromatic heterocycles. The van der Waals surface area contributed by atoms with E-state index in [0.717, 1.165) is 0 Å². The lowest BCUT2D eigenvalue weighted by Gasteiger charge is -2.19. The van der Waals surface area contributed by atoms with Gasteiger partial charge in [0.2, 0.25) is 5.28 Å². The number of carbonyl (C=O) groups excluding carboxylic acids is 1. The van der Waals surface area contributed by atoms with E-state index in [9.17, 15) is 9.18 Å². The Kier molecular flexibility index (Phi) is 5.27. The molecule has 10 heteroatoms. The predicted octanol–water partition coefficient (Wildman–Crippen LogP) is 4.11. The fourth-order valence-electron chi connectivity index (χ4n) is 3.09. The van der Waals surface area contributed by atoms with Gasteiger partial charge in [0.1, 0.15) is 5.60 Å². The lowest BCUT2D eigenvalue weighted by molar-refractivity contribution is -0.0186. The van der Waals surface area contributed by atoms with Gasteiger partial charge in [-0.05, 0) is 38.8 Å². The van der Waals surface area contributed by atoms with E-state index in [4.69, 9.17) is 21.1 Å². The van der Waals surface area contributed by atoms with Crippen LogP contribution < -0.4 is 5.32 Å². The van der Waals surface area contributed by atoms with Crippen molar-refractivity contribution in [2.24, 2.45) is 5.92 Å². The van der Waals surface area contributed by atoms with Crippen LogP contribution in [0.4, 0.5) is 15.0 Å². The summed E-state index contributed by atoms with van der Waals surface area (Å²) >= 11 is 6.01. The third-order valence-corrected chi connectivity index (χ3v) is 4.53. The van der Waals surface area contributed by atoms with Gasteiger partial charge in [0.15, 0.2) is 29.4 Å². The van der Waals surface area contributed by atoms with Gasteiger partial charge in [-0.25, -0.2) is 14.2 Å². The van der Waals surface area contributed by atoms with Crippen LogP contribution in [0.2, 0.25) is 5.28 Å². The van der Waals surface area contributed by atoms with Gasteiger partial charge in [-0.2, -0.15) is 9.97 Å². The Bertz CT molecular complexity index is 853. The van der Waals surface area contributed by atoms with E-state index in [0.29, 0.717) is 6.42 Å². The summed E-state index contributed by atoms with van der Waals surface area (Å²) in [6, 6.07) is 0. The molecule has 2 aromatic rings. The molecule has 1 N–H and O–H groups in total. The number of anilines is 1. The second-order valence-electron chi connectivity index (χ2n) is 7.57. The van der Waals surface area contributed by atoms with E-state index < -0.39 is 24.1 Å². The van der Waals surface area contributed by atoms with Crippen molar-refractivity contribution in [2.45, 2.75) is 65.1 Å². The molecule has 148 valence electrons. The molecule has 0 aliphatic carbocycles. The molecular weight excluding hydrogens is 377 g/mol. The normalized spacial score (nSPS) is 25.7. The summed E-state index contributed by atoms with van der Waals surface area (Å²) in [5.74, 6) is -0.166. The molecule has 27 heavy (non-hydrogen) atoms. The van der Waals surface area contributed by atoms with Gasteiger partial charge in [0, 0.05) is 5.92 Å². The van der Waals surface area contributed by atoms with Gasteiger partial charge in [-0.3, -0.25) is 9.88 Å². The molecule has 0 saturated carbocycles. The van der Waals surface area contributed by atoms with Crippen LogP contribution in [0.15, 0.2) is 6.33 Å². The Labute approximate surface area is 161 Å². The number of hydrogen-bond acceptors (Lipinski definition) is 6. The molecule has 0 radical (unpaired) electrons. The SMILES string of the molecule is CC[C@H]1O[C@@H](n2cnc3c(NC(=O)OC(C)(C)C)nc(Cl)nc32)[C@@H](F)[C@@H]1C. The molecular formula is C17H23ClFN5O3. The van der Waals surface area contributed by atoms with Crippen LogP contribution in [0.25, 0.3) is 11.2 Å². The van der Waals surface area contributed by atoms with Crippen molar-refractivity contribution in [1.29, 1.82) is 0 Å². The minimum absolute atomic E-state index is 0.0893. The Balaban J connectivity index is 1.95. The number of nitrogens with one attached hydrogen (secondary N) is 1. The fourth-order valence-corrected chi connectivity index (χ4v) is 3.26. The Morgan fingerprint density at radius 1 is 1.44 bits per heavy atom. The molecule has 3 rings (SSSR count). The molecule has 1 aliphatic heterocycles. The molecule has 4 atom stereocenters. The molecule has 0 spiro atoms. The van der Waals surface area contributed by atoms with Crippen molar-refractivity contribution in [3.63, 3.8) is 0 Å². The predicted molar refractivity (Wildman–Crippen MR) is 98.5 cm³/mol. The van der Waals surface area contributed by atoms with Crippen molar-refractivity contribution in [3.8, 4) is 0 Å².